The van der Waals surface area contributed by atoms with Gasteiger partial charge in [0.2, 0.25) is 0 Å². The van der Waals surface area contributed by atoms with Crippen LogP contribution in [0.3, 0.4) is 0 Å². The Labute approximate surface area is 116 Å². The Hall–Kier alpha value is -1.22. The first-order chi connectivity index (χ1) is 9.30. The summed E-state index contributed by atoms with van der Waals surface area (Å²) in [4.78, 5) is 0. The molecule has 1 aromatic rings. The van der Waals surface area contributed by atoms with Crippen molar-refractivity contribution in [3.05, 3.63) is 23.8 Å². The molecule has 1 saturated carbocycles. The van der Waals surface area contributed by atoms with Crippen LogP contribution >= 0.6 is 0 Å². The SMILES string of the molecule is CNC(CC1CCCC1)c1cccc(OC)c1OC. The van der Waals surface area contributed by atoms with E-state index in [0.717, 1.165) is 17.4 Å². The van der Waals surface area contributed by atoms with Crippen molar-refractivity contribution in [3.8, 4) is 11.5 Å². The van der Waals surface area contributed by atoms with Crippen molar-refractivity contribution < 1.29 is 9.47 Å². The Morgan fingerprint density at radius 2 is 1.95 bits per heavy atom. The summed E-state index contributed by atoms with van der Waals surface area (Å²) in [7, 11) is 5.43. The van der Waals surface area contributed by atoms with E-state index in [0.29, 0.717) is 6.04 Å². The van der Waals surface area contributed by atoms with E-state index in [4.69, 9.17) is 9.47 Å². The first kappa shape index (κ1) is 14.2. The van der Waals surface area contributed by atoms with Crippen LogP contribution in [-0.4, -0.2) is 21.3 Å². The summed E-state index contributed by atoms with van der Waals surface area (Å²) >= 11 is 0. The van der Waals surface area contributed by atoms with Gasteiger partial charge in [-0.3, -0.25) is 0 Å². The Morgan fingerprint density at radius 1 is 1.21 bits per heavy atom. The molecule has 1 aromatic carbocycles. The van der Waals surface area contributed by atoms with E-state index in [9.17, 15) is 0 Å². The van der Waals surface area contributed by atoms with Crippen molar-refractivity contribution in [2.24, 2.45) is 5.92 Å². The summed E-state index contributed by atoms with van der Waals surface area (Å²) in [5, 5.41) is 3.44. The van der Waals surface area contributed by atoms with Crippen LogP contribution in [0.5, 0.6) is 11.5 Å². The highest BCUT2D eigenvalue weighted by Gasteiger charge is 2.23. The summed E-state index contributed by atoms with van der Waals surface area (Å²) in [5.41, 5.74) is 1.20. The molecule has 1 fully saturated rings. The third-order valence-corrected chi connectivity index (χ3v) is 4.20. The molecule has 106 valence electrons. The van der Waals surface area contributed by atoms with Crippen LogP contribution in [0.2, 0.25) is 0 Å². The minimum Gasteiger partial charge on any atom is -0.493 e. The van der Waals surface area contributed by atoms with E-state index in [1.807, 2.05) is 19.2 Å². The molecule has 3 heteroatoms. The minimum absolute atomic E-state index is 0.341. The highest BCUT2D eigenvalue weighted by atomic mass is 16.5. The van der Waals surface area contributed by atoms with Crippen LogP contribution in [0, 0.1) is 5.92 Å². The molecule has 0 bridgehead atoms. The number of rotatable bonds is 6. The summed E-state index contributed by atoms with van der Waals surface area (Å²) in [6.07, 6.45) is 6.68. The number of para-hydroxylation sites is 1. The lowest BCUT2D eigenvalue weighted by Gasteiger charge is -2.23. The zero-order chi connectivity index (χ0) is 13.7. The molecule has 2 rings (SSSR count). The molecular formula is C16H25NO2. The van der Waals surface area contributed by atoms with Crippen LogP contribution in [0.25, 0.3) is 0 Å². The normalized spacial score (nSPS) is 17.4. The maximum Gasteiger partial charge on any atom is 0.165 e. The minimum atomic E-state index is 0.341. The van der Waals surface area contributed by atoms with Crippen LogP contribution in [0.4, 0.5) is 0 Å². The standard InChI is InChI=1S/C16H25NO2/c1-17-14(11-12-7-4-5-8-12)13-9-6-10-15(18-2)16(13)19-3/h6,9-10,12,14,17H,4-5,7-8,11H2,1-3H3. The van der Waals surface area contributed by atoms with Crippen LogP contribution in [-0.2, 0) is 0 Å². The average molecular weight is 263 g/mol. The predicted octanol–water partition coefficient (Wildman–Crippen LogP) is 3.54. The fraction of sp³-hybridized carbons (Fsp3) is 0.625. The van der Waals surface area contributed by atoms with Gasteiger partial charge in [-0.2, -0.15) is 0 Å². The van der Waals surface area contributed by atoms with Gasteiger partial charge in [0.1, 0.15) is 0 Å². The van der Waals surface area contributed by atoms with Crippen molar-refractivity contribution in [1.82, 2.24) is 5.32 Å². The third kappa shape index (κ3) is 3.21. The molecule has 1 unspecified atom stereocenters. The Morgan fingerprint density at radius 3 is 2.53 bits per heavy atom. The number of nitrogens with one attached hydrogen (secondary N) is 1. The topological polar surface area (TPSA) is 30.5 Å². The number of hydrogen-bond acceptors (Lipinski definition) is 3. The van der Waals surface area contributed by atoms with Gasteiger partial charge in [0.25, 0.3) is 0 Å². The fourth-order valence-corrected chi connectivity index (χ4v) is 3.17. The molecule has 3 nitrogen and oxygen atoms in total. The molecule has 0 radical (unpaired) electrons. The van der Waals surface area contributed by atoms with E-state index in [-0.39, 0.29) is 0 Å². The second-order valence-electron chi connectivity index (χ2n) is 5.31. The highest BCUT2D eigenvalue weighted by molar-refractivity contribution is 5.48. The second-order valence-corrected chi connectivity index (χ2v) is 5.31. The maximum atomic E-state index is 5.55. The Balaban J connectivity index is 2.21. The van der Waals surface area contributed by atoms with Crippen molar-refractivity contribution in [2.75, 3.05) is 21.3 Å². The van der Waals surface area contributed by atoms with Gasteiger partial charge < -0.3 is 14.8 Å². The van der Waals surface area contributed by atoms with Gasteiger partial charge in [-0.05, 0) is 25.5 Å². The molecule has 0 amide bonds. The summed E-state index contributed by atoms with van der Waals surface area (Å²) in [6, 6.07) is 6.46. The average Bonchev–Trinajstić information content (AvgIpc) is 2.96. The van der Waals surface area contributed by atoms with Crippen LogP contribution < -0.4 is 14.8 Å². The molecule has 1 atom stereocenters. The van der Waals surface area contributed by atoms with E-state index in [2.05, 4.69) is 11.4 Å². The van der Waals surface area contributed by atoms with Crippen molar-refractivity contribution in [2.45, 2.75) is 38.1 Å². The summed E-state index contributed by atoms with van der Waals surface area (Å²) in [5.74, 6) is 2.52. The molecular weight excluding hydrogens is 238 g/mol. The molecule has 1 aliphatic rings. The molecule has 1 aliphatic carbocycles. The lowest BCUT2D eigenvalue weighted by Crippen LogP contribution is -2.20. The van der Waals surface area contributed by atoms with Crippen molar-refractivity contribution in [3.63, 3.8) is 0 Å². The zero-order valence-electron chi connectivity index (χ0n) is 12.2. The summed E-state index contributed by atoms with van der Waals surface area (Å²) < 4.78 is 10.9. The lowest BCUT2D eigenvalue weighted by atomic mass is 9.93. The largest absolute Gasteiger partial charge is 0.493 e. The monoisotopic (exact) mass is 263 g/mol. The van der Waals surface area contributed by atoms with E-state index in [1.165, 1.54) is 37.7 Å². The van der Waals surface area contributed by atoms with Gasteiger partial charge in [-0.25, -0.2) is 0 Å². The lowest BCUT2D eigenvalue weighted by molar-refractivity contribution is 0.340. The number of hydrogen-bond donors (Lipinski definition) is 1. The van der Waals surface area contributed by atoms with Gasteiger partial charge in [0.05, 0.1) is 14.2 Å². The number of ether oxygens (including phenoxy) is 2. The van der Waals surface area contributed by atoms with Crippen LogP contribution in [0.1, 0.15) is 43.7 Å². The molecule has 0 heterocycles. The molecule has 0 aromatic heterocycles. The second kappa shape index (κ2) is 6.80. The van der Waals surface area contributed by atoms with Gasteiger partial charge in [-0.15, -0.1) is 0 Å². The third-order valence-electron chi connectivity index (χ3n) is 4.20. The Kier molecular flexibility index (Phi) is 5.08. The summed E-state index contributed by atoms with van der Waals surface area (Å²) in [6.45, 7) is 0. The van der Waals surface area contributed by atoms with E-state index in [1.54, 1.807) is 14.2 Å². The number of methoxy groups -OCH3 is 2. The smallest absolute Gasteiger partial charge is 0.165 e. The highest BCUT2D eigenvalue weighted by Crippen LogP contribution is 2.39. The van der Waals surface area contributed by atoms with Gasteiger partial charge >= 0.3 is 0 Å². The van der Waals surface area contributed by atoms with Gasteiger partial charge in [0.15, 0.2) is 11.5 Å². The van der Waals surface area contributed by atoms with Gasteiger partial charge in [-0.1, -0.05) is 37.8 Å². The van der Waals surface area contributed by atoms with Crippen molar-refractivity contribution in [1.29, 1.82) is 0 Å². The maximum absolute atomic E-state index is 5.55. The molecule has 0 saturated heterocycles. The first-order valence-electron chi connectivity index (χ1n) is 7.18. The molecule has 0 aliphatic heterocycles. The van der Waals surface area contributed by atoms with Gasteiger partial charge in [0, 0.05) is 11.6 Å². The van der Waals surface area contributed by atoms with Crippen LogP contribution in [0.15, 0.2) is 18.2 Å². The van der Waals surface area contributed by atoms with E-state index >= 15 is 0 Å². The molecule has 19 heavy (non-hydrogen) atoms. The van der Waals surface area contributed by atoms with E-state index < -0.39 is 0 Å². The Bertz CT molecular complexity index is 400. The fourth-order valence-electron chi connectivity index (χ4n) is 3.17. The predicted molar refractivity (Wildman–Crippen MR) is 77.9 cm³/mol. The first-order valence-corrected chi connectivity index (χ1v) is 7.18. The quantitative estimate of drug-likeness (QED) is 0.851. The number of benzene rings is 1. The zero-order valence-corrected chi connectivity index (χ0v) is 12.2. The molecule has 0 spiro atoms. The van der Waals surface area contributed by atoms with Crippen molar-refractivity contribution >= 4 is 0 Å². The molecule has 1 N–H and O–H groups in total.